The van der Waals surface area contributed by atoms with Crippen LogP contribution in [0.3, 0.4) is 0 Å². The van der Waals surface area contributed by atoms with E-state index in [1.807, 2.05) is 6.07 Å². The van der Waals surface area contributed by atoms with Crippen LogP contribution in [0.5, 0.6) is 0 Å². The van der Waals surface area contributed by atoms with Crippen LogP contribution in [0.4, 0.5) is 4.39 Å². The lowest BCUT2D eigenvalue weighted by molar-refractivity contribution is 0.162. The van der Waals surface area contributed by atoms with Gasteiger partial charge in [-0.1, -0.05) is 12.1 Å². The van der Waals surface area contributed by atoms with Gasteiger partial charge in [-0.2, -0.15) is 0 Å². The van der Waals surface area contributed by atoms with Gasteiger partial charge in [0.1, 0.15) is 5.82 Å². The van der Waals surface area contributed by atoms with Gasteiger partial charge in [0, 0.05) is 38.7 Å². The average Bonchev–Trinajstić information content (AvgIpc) is 3.39. The molecule has 0 aliphatic heterocycles. The Kier molecular flexibility index (Phi) is 10.4. The number of nitrogens with one attached hydrogen (secondary N) is 2. The van der Waals surface area contributed by atoms with Crippen LogP contribution >= 0.6 is 24.0 Å². The van der Waals surface area contributed by atoms with Gasteiger partial charge in [0.25, 0.3) is 0 Å². The van der Waals surface area contributed by atoms with E-state index in [0.717, 1.165) is 57.2 Å². The highest BCUT2D eigenvalue weighted by molar-refractivity contribution is 14.0. The molecule has 0 atom stereocenters. The SMILES string of the molecule is CCNC(=NCC1(c2cccc(F)c2)CC1)NCCN(C)CCOC.I. The predicted molar refractivity (Wildman–Crippen MR) is 116 cm³/mol. The van der Waals surface area contributed by atoms with Crippen molar-refractivity contribution in [2.45, 2.75) is 25.2 Å². The maximum Gasteiger partial charge on any atom is 0.191 e. The third kappa shape index (κ3) is 7.36. The number of aliphatic imine (C=N–C) groups is 1. The van der Waals surface area contributed by atoms with Crippen LogP contribution in [-0.2, 0) is 10.2 Å². The Morgan fingerprint density at radius 3 is 2.69 bits per heavy atom. The molecule has 26 heavy (non-hydrogen) atoms. The predicted octanol–water partition coefficient (Wildman–Crippen LogP) is 2.61. The lowest BCUT2D eigenvalue weighted by Crippen LogP contribution is -2.41. The third-order valence-electron chi connectivity index (χ3n) is 4.64. The molecular weight excluding hydrogens is 446 g/mol. The second kappa shape index (κ2) is 11.7. The van der Waals surface area contributed by atoms with Gasteiger partial charge in [0.05, 0.1) is 13.2 Å². The second-order valence-electron chi connectivity index (χ2n) is 6.71. The fourth-order valence-corrected chi connectivity index (χ4v) is 2.80. The molecule has 1 aliphatic rings. The van der Waals surface area contributed by atoms with E-state index < -0.39 is 0 Å². The first-order valence-electron chi connectivity index (χ1n) is 9.05. The molecule has 1 saturated carbocycles. The van der Waals surface area contributed by atoms with Crippen LogP contribution in [0.25, 0.3) is 0 Å². The zero-order valence-corrected chi connectivity index (χ0v) is 18.4. The van der Waals surface area contributed by atoms with E-state index in [2.05, 4.69) is 29.5 Å². The number of ether oxygens (including phenoxy) is 1. The van der Waals surface area contributed by atoms with Gasteiger partial charge in [-0.25, -0.2) is 4.39 Å². The highest BCUT2D eigenvalue weighted by Crippen LogP contribution is 2.48. The molecular formula is C19H32FIN4O. The average molecular weight is 478 g/mol. The first-order chi connectivity index (χ1) is 12.1. The summed E-state index contributed by atoms with van der Waals surface area (Å²) in [5.41, 5.74) is 1.08. The Morgan fingerprint density at radius 2 is 2.08 bits per heavy atom. The van der Waals surface area contributed by atoms with E-state index in [-0.39, 0.29) is 35.2 Å². The normalized spacial score (nSPS) is 15.5. The smallest absolute Gasteiger partial charge is 0.191 e. The quantitative estimate of drug-likeness (QED) is 0.309. The minimum atomic E-state index is -0.170. The first kappa shape index (κ1) is 23.1. The van der Waals surface area contributed by atoms with E-state index in [4.69, 9.17) is 9.73 Å². The highest BCUT2D eigenvalue weighted by atomic mass is 127. The fourth-order valence-electron chi connectivity index (χ4n) is 2.80. The summed E-state index contributed by atoms with van der Waals surface area (Å²) < 4.78 is 18.6. The number of halogens is 2. The van der Waals surface area contributed by atoms with E-state index in [9.17, 15) is 4.39 Å². The molecule has 0 amide bonds. The standard InChI is InChI=1S/C19H31FN4O.HI/c1-4-21-18(22-10-11-24(2)12-13-25-3)23-15-19(8-9-19)16-6-5-7-17(20)14-16;/h5-7,14H,4,8-13,15H2,1-3H3,(H2,21,22,23);1H. The maximum atomic E-state index is 13.5. The Balaban J connectivity index is 0.00000338. The topological polar surface area (TPSA) is 48.9 Å². The number of nitrogens with zero attached hydrogens (tertiary/aromatic N) is 2. The summed E-state index contributed by atoms with van der Waals surface area (Å²) in [7, 11) is 3.79. The summed E-state index contributed by atoms with van der Waals surface area (Å²) in [6.07, 6.45) is 2.14. The molecule has 0 radical (unpaired) electrons. The number of methoxy groups -OCH3 is 1. The highest BCUT2D eigenvalue weighted by Gasteiger charge is 2.44. The number of hydrogen-bond donors (Lipinski definition) is 2. The Labute approximate surface area is 173 Å². The summed E-state index contributed by atoms with van der Waals surface area (Å²) in [6, 6.07) is 6.94. The molecule has 1 aromatic carbocycles. The zero-order chi connectivity index (χ0) is 18.1. The molecule has 1 fully saturated rings. The third-order valence-corrected chi connectivity index (χ3v) is 4.64. The molecule has 0 unspecified atom stereocenters. The maximum absolute atomic E-state index is 13.5. The summed E-state index contributed by atoms with van der Waals surface area (Å²) in [4.78, 5) is 6.96. The van der Waals surface area contributed by atoms with Gasteiger partial charge in [-0.3, -0.25) is 4.99 Å². The minimum Gasteiger partial charge on any atom is -0.383 e. The molecule has 0 bridgehead atoms. The van der Waals surface area contributed by atoms with Gasteiger partial charge in [-0.05, 0) is 44.5 Å². The van der Waals surface area contributed by atoms with Crippen molar-refractivity contribution in [1.82, 2.24) is 15.5 Å². The molecule has 0 aromatic heterocycles. The van der Waals surface area contributed by atoms with Gasteiger partial charge < -0.3 is 20.3 Å². The Bertz CT molecular complexity index is 566. The fraction of sp³-hybridized carbons (Fsp3) is 0.632. The molecule has 0 saturated heterocycles. The molecule has 1 aromatic rings. The van der Waals surface area contributed by atoms with E-state index in [1.54, 1.807) is 19.2 Å². The number of benzene rings is 1. The van der Waals surface area contributed by atoms with Crippen molar-refractivity contribution < 1.29 is 9.13 Å². The van der Waals surface area contributed by atoms with Crippen LogP contribution in [0, 0.1) is 5.82 Å². The first-order valence-corrected chi connectivity index (χ1v) is 9.05. The van der Waals surface area contributed by atoms with Crippen LogP contribution < -0.4 is 10.6 Å². The lowest BCUT2D eigenvalue weighted by Gasteiger charge is -2.19. The lowest BCUT2D eigenvalue weighted by atomic mass is 9.96. The molecule has 1 aliphatic carbocycles. The van der Waals surface area contributed by atoms with Crippen molar-refractivity contribution in [3.05, 3.63) is 35.6 Å². The van der Waals surface area contributed by atoms with E-state index in [1.165, 1.54) is 6.07 Å². The van der Waals surface area contributed by atoms with E-state index in [0.29, 0.717) is 6.54 Å². The summed E-state index contributed by atoms with van der Waals surface area (Å²) in [5.74, 6) is 0.655. The van der Waals surface area contributed by atoms with Gasteiger partial charge in [0.2, 0.25) is 0 Å². The number of likely N-dealkylation sites (N-methyl/N-ethyl adjacent to an activating group) is 1. The summed E-state index contributed by atoms with van der Waals surface area (Å²) in [5, 5.41) is 6.66. The van der Waals surface area contributed by atoms with Gasteiger partial charge in [-0.15, -0.1) is 24.0 Å². The summed E-state index contributed by atoms with van der Waals surface area (Å²) in [6.45, 7) is 6.95. The van der Waals surface area contributed by atoms with Crippen molar-refractivity contribution in [3.8, 4) is 0 Å². The molecule has 2 rings (SSSR count). The largest absolute Gasteiger partial charge is 0.383 e. The molecule has 0 spiro atoms. The zero-order valence-electron chi connectivity index (χ0n) is 16.1. The van der Waals surface area contributed by atoms with Crippen molar-refractivity contribution in [2.24, 2.45) is 4.99 Å². The monoisotopic (exact) mass is 478 g/mol. The minimum absolute atomic E-state index is 0. The molecule has 7 heteroatoms. The van der Waals surface area contributed by atoms with Gasteiger partial charge in [0.15, 0.2) is 5.96 Å². The number of hydrogen-bond acceptors (Lipinski definition) is 3. The second-order valence-corrected chi connectivity index (χ2v) is 6.71. The van der Waals surface area contributed by atoms with Crippen LogP contribution in [-0.4, -0.2) is 64.3 Å². The van der Waals surface area contributed by atoms with Crippen LogP contribution in [0.1, 0.15) is 25.3 Å². The van der Waals surface area contributed by atoms with E-state index >= 15 is 0 Å². The molecule has 5 nitrogen and oxygen atoms in total. The summed E-state index contributed by atoms with van der Waals surface area (Å²) >= 11 is 0. The van der Waals surface area contributed by atoms with Crippen molar-refractivity contribution in [3.63, 3.8) is 0 Å². The Morgan fingerprint density at radius 1 is 1.31 bits per heavy atom. The number of guanidine groups is 1. The van der Waals surface area contributed by atoms with Crippen molar-refractivity contribution in [2.75, 3.05) is 53.5 Å². The molecule has 148 valence electrons. The Hall–Kier alpha value is -0.930. The van der Waals surface area contributed by atoms with Crippen molar-refractivity contribution in [1.29, 1.82) is 0 Å². The van der Waals surface area contributed by atoms with Crippen LogP contribution in [0.2, 0.25) is 0 Å². The van der Waals surface area contributed by atoms with Gasteiger partial charge >= 0.3 is 0 Å². The van der Waals surface area contributed by atoms with Crippen LogP contribution in [0.15, 0.2) is 29.3 Å². The van der Waals surface area contributed by atoms with Crippen molar-refractivity contribution >= 4 is 29.9 Å². The molecule has 0 heterocycles. The molecule has 2 N–H and O–H groups in total. The number of rotatable bonds is 10.